The van der Waals surface area contributed by atoms with Gasteiger partial charge < -0.3 is 15.2 Å². The van der Waals surface area contributed by atoms with E-state index >= 15 is 0 Å². The average molecular weight is 285 g/mol. The maximum absolute atomic E-state index is 9.94. The fraction of sp³-hybridized carbons (Fsp3) is 0.333. The number of aryl methyl sites for hydroxylation is 1. The molecule has 0 aromatic heterocycles. The van der Waals surface area contributed by atoms with E-state index < -0.39 is 0 Å². The zero-order valence-electron chi connectivity index (χ0n) is 12.7. The van der Waals surface area contributed by atoms with Crippen molar-refractivity contribution in [3.63, 3.8) is 0 Å². The fourth-order valence-corrected chi connectivity index (χ4v) is 2.37. The molecule has 0 aliphatic heterocycles. The summed E-state index contributed by atoms with van der Waals surface area (Å²) in [4.78, 5) is 0. The molecule has 3 heteroatoms. The molecule has 0 bridgehead atoms. The second kappa shape index (κ2) is 7.70. The van der Waals surface area contributed by atoms with E-state index in [4.69, 9.17) is 4.74 Å². The van der Waals surface area contributed by atoms with Gasteiger partial charge in [0, 0.05) is 11.6 Å². The smallest absolute Gasteiger partial charge is 0.120 e. The quantitative estimate of drug-likeness (QED) is 0.762. The number of methoxy groups -OCH3 is 1. The Hall–Kier alpha value is -2.00. The lowest BCUT2D eigenvalue weighted by Gasteiger charge is -2.16. The number of nitrogens with one attached hydrogen (secondary N) is 1. The van der Waals surface area contributed by atoms with E-state index in [9.17, 15) is 5.11 Å². The molecule has 0 fully saturated rings. The molecule has 0 aliphatic carbocycles. The molecule has 1 atom stereocenters. The highest BCUT2D eigenvalue weighted by atomic mass is 16.5. The molecule has 2 aromatic rings. The van der Waals surface area contributed by atoms with Crippen molar-refractivity contribution in [3.8, 4) is 11.5 Å². The van der Waals surface area contributed by atoms with Crippen LogP contribution in [0.1, 0.15) is 30.5 Å². The lowest BCUT2D eigenvalue weighted by Crippen LogP contribution is -2.20. The highest BCUT2D eigenvalue weighted by Gasteiger charge is 2.10. The number of rotatable bonds is 7. The summed E-state index contributed by atoms with van der Waals surface area (Å²) in [6.45, 7) is 2.96. The molecule has 112 valence electrons. The summed E-state index contributed by atoms with van der Waals surface area (Å²) < 4.78 is 5.20. The lowest BCUT2D eigenvalue weighted by atomic mass is 10.1. The summed E-state index contributed by atoms with van der Waals surface area (Å²) in [5.41, 5.74) is 2.23. The number of phenols is 1. The third-order valence-electron chi connectivity index (χ3n) is 3.64. The first kappa shape index (κ1) is 15.4. The van der Waals surface area contributed by atoms with Gasteiger partial charge in [-0.05, 0) is 50.1 Å². The molecule has 0 aliphatic rings. The predicted octanol–water partition coefficient (Wildman–Crippen LogP) is 3.68. The Morgan fingerprint density at radius 2 is 1.90 bits per heavy atom. The monoisotopic (exact) mass is 285 g/mol. The van der Waals surface area contributed by atoms with Crippen molar-refractivity contribution >= 4 is 0 Å². The van der Waals surface area contributed by atoms with Gasteiger partial charge >= 0.3 is 0 Å². The number of aromatic hydroxyl groups is 1. The summed E-state index contributed by atoms with van der Waals surface area (Å²) in [6.07, 6.45) is 2.13. The molecule has 0 saturated carbocycles. The van der Waals surface area contributed by atoms with Crippen LogP contribution in [0.4, 0.5) is 0 Å². The molecule has 2 aromatic carbocycles. The van der Waals surface area contributed by atoms with E-state index in [1.165, 1.54) is 5.56 Å². The van der Waals surface area contributed by atoms with Gasteiger partial charge in [0.05, 0.1) is 7.11 Å². The predicted molar refractivity (Wildman–Crippen MR) is 85.8 cm³/mol. The molecular formula is C18H23NO2. The molecule has 0 spiro atoms. The third-order valence-corrected chi connectivity index (χ3v) is 3.64. The van der Waals surface area contributed by atoms with Gasteiger partial charge in [-0.15, -0.1) is 0 Å². The first-order chi connectivity index (χ1) is 10.2. The summed E-state index contributed by atoms with van der Waals surface area (Å²) in [5, 5.41) is 13.4. The van der Waals surface area contributed by atoms with Crippen molar-refractivity contribution in [2.24, 2.45) is 0 Å². The third kappa shape index (κ3) is 4.50. The summed E-state index contributed by atoms with van der Waals surface area (Å²) in [6, 6.07) is 15.9. The number of hydrogen-bond acceptors (Lipinski definition) is 3. The van der Waals surface area contributed by atoms with E-state index in [0.717, 1.165) is 30.7 Å². The van der Waals surface area contributed by atoms with Crippen molar-refractivity contribution in [2.45, 2.75) is 25.8 Å². The van der Waals surface area contributed by atoms with Gasteiger partial charge in [-0.25, -0.2) is 0 Å². The average Bonchev–Trinajstić information content (AvgIpc) is 2.53. The summed E-state index contributed by atoms with van der Waals surface area (Å²) >= 11 is 0. The van der Waals surface area contributed by atoms with Crippen LogP contribution in [-0.4, -0.2) is 18.8 Å². The van der Waals surface area contributed by atoms with E-state index in [1.54, 1.807) is 19.2 Å². The van der Waals surface area contributed by atoms with Gasteiger partial charge in [0.2, 0.25) is 0 Å². The first-order valence-corrected chi connectivity index (χ1v) is 7.35. The fourth-order valence-electron chi connectivity index (χ4n) is 2.37. The largest absolute Gasteiger partial charge is 0.508 e. The number of benzene rings is 2. The van der Waals surface area contributed by atoms with Crippen molar-refractivity contribution < 1.29 is 9.84 Å². The number of ether oxygens (including phenoxy) is 1. The highest BCUT2D eigenvalue weighted by Crippen LogP contribution is 2.28. The van der Waals surface area contributed by atoms with E-state index in [-0.39, 0.29) is 6.04 Å². The molecular weight excluding hydrogens is 262 g/mol. The highest BCUT2D eigenvalue weighted by molar-refractivity contribution is 5.41. The Morgan fingerprint density at radius 3 is 2.62 bits per heavy atom. The molecule has 3 nitrogen and oxygen atoms in total. The maximum atomic E-state index is 9.94. The van der Waals surface area contributed by atoms with Crippen LogP contribution in [0.2, 0.25) is 0 Å². The van der Waals surface area contributed by atoms with Crippen molar-refractivity contribution in [1.29, 1.82) is 0 Å². The molecule has 2 N–H and O–H groups in total. The Labute approximate surface area is 126 Å². The summed E-state index contributed by atoms with van der Waals surface area (Å²) in [5.74, 6) is 1.07. The van der Waals surface area contributed by atoms with Gasteiger partial charge in [0.1, 0.15) is 11.5 Å². The van der Waals surface area contributed by atoms with Crippen molar-refractivity contribution in [3.05, 3.63) is 59.7 Å². The molecule has 2 rings (SSSR count). The minimum absolute atomic E-state index is 0.0934. The van der Waals surface area contributed by atoms with Crippen LogP contribution < -0.4 is 10.1 Å². The molecule has 0 heterocycles. The minimum atomic E-state index is 0.0934. The van der Waals surface area contributed by atoms with Crippen LogP contribution in [0.5, 0.6) is 11.5 Å². The van der Waals surface area contributed by atoms with Crippen LogP contribution >= 0.6 is 0 Å². The standard InChI is InChI=1S/C18H23NO2/c1-14(17-13-16(21-2)10-11-18(17)20)19-12-6-9-15-7-4-3-5-8-15/h3-5,7-8,10-11,13-14,19-20H,6,9,12H2,1-2H3. The Balaban J connectivity index is 1.83. The van der Waals surface area contributed by atoms with Crippen LogP contribution in [0.15, 0.2) is 48.5 Å². The van der Waals surface area contributed by atoms with Crippen molar-refractivity contribution in [1.82, 2.24) is 5.32 Å². The molecule has 0 amide bonds. The van der Waals surface area contributed by atoms with Crippen LogP contribution in [-0.2, 0) is 6.42 Å². The van der Waals surface area contributed by atoms with Crippen LogP contribution in [0.3, 0.4) is 0 Å². The second-order valence-corrected chi connectivity index (χ2v) is 5.19. The molecule has 1 unspecified atom stereocenters. The van der Waals surface area contributed by atoms with Crippen LogP contribution in [0.25, 0.3) is 0 Å². The van der Waals surface area contributed by atoms with Gasteiger partial charge in [-0.3, -0.25) is 0 Å². The maximum Gasteiger partial charge on any atom is 0.120 e. The van der Waals surface area contributed by atoms with E-state index in [2.05, 4.69) is 36.5 Å². The van der Waals surface area contributed by atoms with Gasteiger partial charge in [-0.2, -0.15) is 0 Å². The minimum Gasteiger partial charge on any atom is -0.508 e. The first-order valence-electron chi connectivity index (χ1n) is 7.35. The number of hydrogen-bond donors (Lipinski definition) is 2. The van der Waals surface area contributed by atoms with E-state index in [1.807, 2.05) is 12.1 Å². The SMILES string of the molecule is COc1ccc(O)c(C(C)NCCCc2ccccc2)c1. The zero-order chi connectivity index (χ0) is 15.1. The summed E-state index contributed by atoms with van der Waals surface area (Å²) in [7, 11) is 1.63. The van der Waals surface area contributed by atoms with Gasteiger partial charge in [0.15, 0.2) is 0 Å². The Bertz CT molecular complexity index is 554. The van der Waals surface area contributed by atoms with Crippen molar-refractivity contribution in [2.75, 3.05) is 13.7 Å². The Kier molecular flexibility index (Phi) is 5.64. The zero-order valence-corrected chi connectivity index (χ0v) is 12.7. The number of phenolic OH excluding ortho intramolecular Hbond substituents is 1. The second-order valence-electron chi connectivity index (χ2n) is 5.19. The molecule has 0 radical (unpaired) electrons. The molecule has 0 saturated heterocycles. The Morgan fingerprint density at radius 1 is 1.14 bits per heavy atom. The topological polar surface area (TPSA) is 41.5 Å². The normalized spacial score (nSPS) is 12.1. The van der Waals surface area contributed by atoms with E-state index in [0.29, 0.717) is 5.75 Å². The van der Waals surface area contributed by atoms with Crippen LogP contribution in [0, 0.1) is 0 Å². The van der Waals surface area contributed by atoms with Gasteiger partial charge in [0.25, 0.3) is 0 Å². The lowest BCUT2D eigenvalue weighted by molar-refractivity contribution is 0.407. The van der Waals surface area contributed by atoms with Gasteiger partial charge in [-0.1, -0.05) is 30.3 Å². The molecule has 21 heavy (non-hydrogen) atoms.